The van der Waals surface area contributed by atoms with Crippen LogP contribution in [0.4, 0.5) is 11.8 Å². The van der Waals surface area contributed by atoms with Crippen LogP contribution in [0.5, 0.6) is 0 Å². The number of aromatic nitrogens is 4. The predicted molar refractivity (Wildman–Crippen MR) is 132 cm³/mol. The van der Waals surface area contributed by atoms with E-state index in [9.17, 15) is 23.8 Å². The molecule has 4 heterocycles. The Morgan fingerprint density at radius 1 is 1.10 bits per heavy atom. The van der Waals surface area contributed by atoms with Gasteiger partial charge in [-0.25, -0.2) is 19.5 Å². The molecule has 0 saturated carbocycles. The van der Waals surface area contributed by atoms with E-state index < -0.39 is 38.3 Å². The second-order valence-electron chi connectivity index (χ2n) is 8.90. The second kappa shape index (κ2) is 13.6. The van der Waals surface area contributed by atoms with Crippen LogP contribution < -0.4 is 40.2 Å². The fourth-order valence-electron chi connectivity index (χ4n) is 4.23. The molecule has 0 radical (unpaired) electrons. The van der Waals surface area contributed by atoms with Crippen LogP contribution >= 0.6 is 7.82 Å². The van der Waals surface area contributed by atoms with Crippen molar-refractivity contribution in [3.8, 4) is 0 Å². The molecule has 0 aliphatic carbocycles. The van der Waals surface area contributed by atoms with Crippen molar-refractivity contribution in [1.29, 1.82) is 0 Å². The first-order chi connectivity index (χ1) is 18.2. The largest absolute Gasteiger partial charge is 1.00 e. The molecule has 2 aliphatic rings. The van der Waals surface area contributed by atoms with Gasteiger partial charge in [0.15, 0.2) is 29.3 Å². The number of nitrogens with zero attached hydrogens (tertiary/aromatic N) is 4. The maximum Gasteiger partial charge on any atom is 1.00 e. The van der Waals surface area contributed by atoms with Crippen molar-refractivity contribution in [2.24, 2.45) is 0 Å². The Balaban J connectivity index is 0.00000420. The Morgan fingerprint density at radius 2 is 1.77 bits per heavy atom. The average molecular weight is 577 g/mol. The average Bonchev–Trinajstić information content (AvgIpc) is 3.36. The van der Waals surface area contributed by atoms with Gasteiger partial charge in [0, 0.05) is 19.3 Å². The van der Waals surface area contributed by atoms with E-state index in [1.165, 1.54) is 10.9 Å². The Kier molecular flexibility index (Phi) is 11.0. The first kappa shape index (κ1) is 31.6. The van der Waals surface area contributed by atoms with E-state index in [1.807, 2.05) is 13.8 Å². The molecule has 2 aromatic heterocycles. The number of nitrogens with one attached hydrogen (secondary N) is 2. The molecule has 2 amide bonds. The maximum absolute atomic E-state index is 12.6. The van der Waals surface area contributed by atoms with Crippen molar-refractivity contribution in [3.05, 3.63) is 6.33 Å². The second-order valence-corrected chi connectivity index (χ2v) is 10.3. The van der Waals surface area contributed by atoms with Crippen LogP contribution in [0.25, 0.3) is 11.2 Å². The minimum absolute atomic E-state index is 0. The van der Waals surface area contributed by atoms with E-state index in [-0.39, 0.29) is 90.2 Å². The van der Waals surface area contributed by atoms with Gasteiger partial charge in [-0.05, 0) is 19.3 Å². The zero-order chi connectivity index (χ0) is 27.4. The van der Waals surface area contributed by atoms with E-state index in [2.05, 4.69) is 25.6 Å². The summed E-state index contributed by atoms with van der Waals surface area (Å²) in [6.07, 6.45) is -0.956. The summed E-state index contributed by atoms with van der Waals surface area (Å²) in [5, 5.41) is 5.41. The van der Waals surface area contributed by atoms with Gasteiger partial charge < -0.3 is 19.7 Å². The molecule has 2 aliphatic heterocycles. The normalized spacial score (nSPS) is 25.9. The minimum Gasteiger partial charge on any atom is -0.455 e. The number of hydrogen-bond acceptors (Lipinski definition) is 11. The van der Waals surface area contributed by atoms with Gasteiger partial charge in [-0.2, -0.15) is 0 Å². The molecule has 5 atom stereocenters. The van der Waals surface area contributed by atoms with Gasteiger partial charge in [0.1, 0.15) is 18.5 Å². The van der Waals surface area contributed by atoms with Crippen molar-refractivity contribution < 1.29 is 71.9 Å². The minimum atomic E-state index is -4.42. The van der Waals surface area contributed by atoms with E-state index in [0.29, 0.717) is 19.3 Å². The van der Waals surface area contributed by atoms with Gasteiger partial charge in [-0.3, -0.25) is 33.3 Å². The fourth-order valence-corrected chi connectivity index (χ4v) is 5.19. The molecule has 2 aromatic rings. The SMILES string of the molecule is CCCC(=O)Nc1ncnc2c1nc(NC(=O)CCC)n2C1OC2COP(=O)(O)OC2C1OC(=O)CCC.[Na+]. The molecule has 0 aromatic carbocycles. The van der Waals surface area contributed by atoms with E-state index >= 15 is 0 Å². The molecular weight excluding hydrogens is 546 g/mol. The molecule has 2 fully saturated rings. The third-order valence-electron chi connectivity index (χ3n) is 5.86. The van der Waals surface area contributed by atoms with E-state index in [0.717, 1.165) is 0 Å². The number of carbonyl (C=O) groups is 3. The smallest absolute Gasteiger partial charge is 0.455 e. The number of ether oxygens (including phenoxy) is 2. The van der Waals surface area contributed by atoms with Crippen molar-refractivity contribution in [1.82, 2.24) is 19.5 Å². The summed E-state index contributed by atoms with van der Waals surface area (Å²) in [4.78, 5) is 60.3. The first-order valence-electron chi connectivity index (χ1n) is 12.5. The van der Waals surface area contributed by atoms with Crippen LogP contribution in [-0.2, 0) is 37.5 Å². The number of imidazole rings is 1. The Bertz CT molecular complexity index is 1260. The zero-order valence-electron chi connectivity index (χ0n) is 22.3. The number of fused-ring (bicyclic) bond motifs is 2. The van der Waals surface area contributed by atoms with Gasteiger partial charge in [0.05, 0.1) is 6.61 Å². The molecule has 39 heavy (non-hydrogen) atoms. The molecular formula is C22H31N6NaO9P+. The standard InChI is InChI=1S/C22H31N6O9P.Na/c1-4-7-13(29)25-19-16-20(24-11-23-19)28(22(27-16)26-14(30)8-5-2)21-18(36-15(31)9-6-3)17-12(35-21)10-34-38(32,33)37-17;/h11-12,17-18,21H,4-10H2,1-3H3,(H,32,33)(H,26,27,30)(H,23,24,25,29);/q;+1. The van der Waals surface area contributed by atoms with Crippen molar-refractivity contribution >= 4 is 48.5 Å². The molecule has 17 heteroatoms. The van der Waals surface area contributed by atoms with Crippen LogP contribution in [0.1, 0.15) is 65.5 Å². The molecule has 0 bridgehead atoms. The number of phosphoric ester groups is 1. The molecule has 208 valence electrons. The summed E-state index contributed by atoms with van der Waals surface area (Å²) in [5.41, 5.74) is 0.317. The summed E-state index contributed by atoms with van der Waals surface area (Å²) in [6, 6.07) is 0. The Morgan fingerprint density at radius 3 is 2.44 bits per heavy atom. The van der Waals surface area contributed by atoms with Crippen LogP contribution in [0.2, 0.25) is 0 Å². The van der Waals surface area contributed by atoms with Gasteiger partial charge in [-0.1, -0.05) is 20.8 Å². The monoisotopic (exact) mass is 577 g/mol. The number of esters is 1. The van der Waals surface area contributed by atoms with Crippen LogP contribution in [0, 0.1) is 0 Å². The molecule has 0 spiro atoms. The van der Waals surface area contributed by atoms with Crippen LogP contribution in [-0.4, -0.2) is 67.1 Å². The van der Waals surface area contributed by atoms with Crippen molar-refractivity contribution in [2.75, 3.05) is 17.2 Å². The number of anilines is 2. The topological polar surface area (TPSA) is 193 Å². The molecule has 5 unspecified atom stereocenters. The molecule has 3 N–H and O–H groups in total. The predicted octanol–water partition coefficient (Wildman–Crippen LogP) is -0.567. The quantitative estimate of drug-likeness (QED) is 0.185. The van der Waals surface area contributed by atoms with Crippen LogP contribution in [0.15, 0.2) is 6.33 Å². The van der Waals surface area contributed by atoms with E-state index in [4.69, 9.17) is 18.5 Å². The van der Waals surface area contributed by atoms with Gasteiger partial charge in [0.2, 0.25) is 17.8 Å². The van der Waals surface area contributed by atoms with E-state index in [1.54, 1.807) is 6.92 Å². The third kappa shape index (κ3) is 7.22. The summed E-state index contributed by atoms with van der Waals surface area (Å²) >= 11 is 0. The van der Waals surface area contributed by atoms with Crippen molar-refractivity contribution in [3.63, 3.8) is 0 Å². The number of rotatable bonds is 10. The summed E-state index contributed by atoms with van der Waals surface area (Å²) in [5.74, 6) is -1.08. The molecule has 2 saturated heterocycles. The maximum atomic E-state index is 12.6. The van der Waals surface area contributed by atoms with Crippen molar-refractivity contribution in [2.45, 2.75) is 83.8 Å². The summed E-state index contributed by atoms with van der Waals surface area (Å²) in [6.45, 7) is 5.21. The van der Waals surface area contributed by atoms with Gasteiger partial charge >= 0.3 is 43.3 Å². The van der Waals surface area contributed by atoms with Gasteiger partial charge in [0.25, 0.3) is 0 Å². The zero-order valence-corrected chi connectivity index (χ0v) is 25.2. The summed E-state index contributed by atoms with van der Waals surface area (Å²) in [7, 11) is -4.42. The first-order valence-corrected chi connectivity index (χ1v) is 14.0. The molecule has 15 nitrogen and oxygen atoms in total. The Labute approximate surface area is 246 Å². The van der Waals surface area contributed by atoms with Gasteiger partial charge in [-0.15, -0.1) is 0 Å². The fraction of sp³-hybridized carbons (Fsp3) is 0.636. The number of hydrogen-bond donors (Lipinski definition) is 3. The number of carbonyl (C=O) groups excluding carboxylic acids is 3. The number of amides is 2. The Hall–Kier alpha value is -1.97. The third-order valence-corrected chi connectivity index (χ3v) is 6.84. The number of phosphoric acid groups is 1. The molecule has 4 rings (SSSR count). The van der Waals surface area contributed by atoms with Crippen LogP contribution in [0.3, 0.4) is 0 Å². The summed E-state index contributed by atoms with van der Waals surface area (Å²) < 4.78 is 35.6.